The second-order valence-electron chi connectivity index (χ2n) is 4.79. The number of carbonyl (C=O) groups excluding carboxylic acids is 1. The molecule has 0 fully saturated rings. The fourth-order valence-electron chi connectivity index (χ4n) is 1.98. The van der Waals surface area contributed by atoms with E-state index in [4.69, 9.17) is 0 Å². The monoisotopic (exact) mass is 273 g/mol. The number of rotatable bonds is 4. The molecule has 6 nitrogen and oxygen atoms in total. The van der Waals surface area contributed by atoms with Crippen molar-refractivity contribution in [3.63, 3.8) is 0 Å². The van der Waals surface area contributed by atoms with Gasteiger partial charge in [-0.1, -0.05) is 17.7 Å². The Kier molecular flexibility index (Phi) is 3.65. The molecule has 2 aromatic rings. The van der Waals surface area contributed by atoms with Crippen molar-refractivity contribution in [2.45, 2.75) is 26.8 Å². The van der Waals surface area contributed by atoms with E-state index >= 15 is 0 Å². The van der Waals surface area contributed by atoms with Gasteiger partial charge >= 0.3 is 5.69 Å². The topological polar surface area (TPSA) is 78.0 Å². The first-order valence-electron chi connectivity index (χ1n) is 6.20. The van der Waals surface area contributed by atoms with E-state index in [9.17, 15) is 14.9 Å². The summed E-state index contributed by atoms with van der Waals surface area (Å²) in [7, 11) is 0. The van der Waals surface area contributed by atoms with Gasteiger partial charge in [0, 0.05) is 5.56 Å². The zero-order valence-corrected chi connectivity index (χ0v) is 11.5. The molecule has 20 heavy (non-hydrogen) atoms. The molecule has 104 valence electrons. The summed E-state index contributed by atoms with van der Waals surface area (Å²) in [5, 5.41) is 14.5. The van der Waals surface area contributed by atoms with Crippen LogP contribution >= 0.6 is 0 Å². The van der Waals surface area contributed by atoms with Crippen molar-refractivity contribution in [3.8, 4) is 0 Å². The number of benzene rings is 1. The van der Waals surface area contributed by atoms with Crippen LogP contribution in [0, 0.1) is 24.0 Å². The molecule has 0 saturated heterocycles. The molecule has 0 spiro atoms. The molecule has 0 N–H and O–H groups in total. The van der Waals surface area contributed by atoms with Crippen molar-refractivity contribution in [1.82, 2.24) is 9.78 Å². The number of ketones is 1. The number of nitrogens with zero attached hydrogens (tertiary/aromatic N) is 3. The molecule has 1 aromatic heterocycles. The number of hydrogen-bond acceptors (Lipinski definition) is 4. The van der Waals surface area contributed by atoms with Gasteiger partial charge in [0.05, 0.1) is 4.92 Å². The van der Waals surface area contributed by atoms with Gasteiger partial charge in [-0.2, -0.15) is 5.10 Å². The van der Waals surface area contributed by atoms with E-state index in [0.717, 1.165) is 17.3 Å². The van der Waals surface area contributed by atoms with E-state index in [1.165, 1.54) is 10.9 Å². The fourth-order valence-corrected chi connectivity index (χ4v) is 1.98. The Morgan fingerprint density at radius 1 is 1.40 bits per heavy atom. The zero-order valence-electron chi connectivity index (χ0n) is 11.5. The van der Waals surface area contributed by atoms with E-state index in [0.29, 0.717) is 5.56 Å². The molecule has 0 aliphatic heterocycles. The van der Waals surface area contributed by atoms with Crippen LogP contribution in [0.4, 0.5) is 5.69 Å². The summed E-state index contributed by atoms with van der Waals surface area (Å²) in [5.41, 5.74) is 2.38. The standard InChI is InChI=1S/C14H15N3O3/c1-9-4-5-10(2)13(6-9)14(18)11(3)16-8-12(7-15-16)17(19)20/h4-8,11H,1-3H3. The van der Waals surface area contributed by atoms with E-state index in [1.807, 2.05) is 32.0 Å². The fraction of sp³-hybridized carbons (Fsp3) is 0.286. The smallest absolute Gasteiger partial charge is 0.292 e. The van der Waals surface area contributed by atoms with Crippen molar-refractivity contribution in [3.05, 3.63) is 57.4 Å². The third-order valence-corrected chi connectivity index (χ3v) is 3.23. The van der Waals surface area contributed by atoms with Gasteiger partial charge in [-0.25, -0.2) is 0 Å². The highest BCUT2D eigenvalue weighted by molar-refractivity contribution is 6.00. The Bertz CT molecular complexity index is 676. The molecule has 0 saturated carbocycles. The maximum Gasteiger partial charge on any atom is 0.307 e. The van der Waals surface area contributed by atoms with E-state index in [-0.39, 0.29) is 11.5 Å². The lowest BCUT2D eigenvalue weighted by molar-refractivity contribution is -0.385. The highest BCUT2D eigenvalue weighted by Gasteiger charge is 2.21. The first-order chi connectivity index (χ1) is 9.40. The molecule has 0 amide bonds. The highest BCUT2D eigenvalue weighted by Crippen LogP contribution is 2.20. The van der Waals surface area contributed by atoms with Crippen LogP contribution in [0.2, 0.25) is 0 Å². The second-order valence-corrected chi connectivity index (χ2v) is 4.79. The van der Waals surface area contributed by atoms with Gasteiger partial charge in [-0.15, -0.1) is 0 Å². The molecule has 0 aliphatic rings. The lowest BCUT2D eigenvalue weighted by Gasteiger charge is -2.13. The minimum Gasteiger partial charge on any atom is -0.292 e. The normalized spacial score (nSPS) is 12.2. The summed E-state index contributed by atoms with van der Waals surface area (Å²) in [6.45, 7) is 5.46. The first kappa shape index (κ1) is 13.9. The Balaban J connectivity index is 2.32. The molecule has 0 radical (unpaired) electrons. The van der Waals surface area contributed by atoms with Crippen molar-refractivity contribution in [2.24, 2.45) is 0 Å². The predicted octanol–water partition coefficient (Wildman–Crippen LogP) is 2.85. The zero-order chi connectivity index (χ0) is 14.9. The Labute approximate surface area is 116 Å². The quantitative estimate of drug-likeness (QED) is 0.487. The molecule has 1 aromatic carbocycles. The van der Waals surface area contributed by atoms with Crippen LogP contribution in [0.1, 0.15) is 34.5 Å². The van der Waals surface area contributed by atoms with Gasteiger partial charge < -0.3 is 0 Å². The summed E-state index contributed by atoms with van der Waals surface area (Å²) in [6, 6.07) is 5.08. The minimum absolute atomic E-state index is 0.107. The molecule has 2 rings (SSSR count). The average molecular weight is 273 g/mol. The SMILES string of the molecule is Cc1ccc(C)c(C(=O)C(C)n2cc([N+](=O)[O-])cn2)c1. The summed E-state index contributed by atoms with van der Waals surface area (Å²) in [4.78, 5) is 22.6. The van der Waals surface area contributed by atoms with Crippen LogP contribution in [-0.4, -0.2) is 20.5 Å². The molecule has 1 atom stereocenters. The Morgan fingerprint density at radius 3 is 2.70 bits per heavy atom. The summed E-state index contributed by atoms with van der Waals surface area (Å²) < 4.78 is 1.32. The van der Waals surface area contributed by atoms with E-state index < -0.39 is 11.0 Å². The van der Waals surface area contributed by atoms with Crippen molar-refractivity contribution in [1.29, 1.82) is 0 Å². The van der Waals surface area contributed by atoms with Gasteiger partial charge in [-0.3, -0.25) is 19.6 Å². The number of Topliss-reactive ketones (excluding diaryl/α,β-unsaturated/α-hetero) is 1. The largest absolute Gasteiger partial charge is 0.307 e. The van der Waals surface area contributed by atoms with Gasteiger partial charge in [0.1, 0.15) is 18.4 Å². The molecule has 0 bridgehead atoms. The number of hydrogen-bond donors (Lipinski definition) is 0. The molecule has 1 heterocycles. The van der Waals surface area contributed by atoms with Crippen molar-refractivity contribution < 1.29 is 9.72 Å². The number of aromatic nitrogens is 2. The molecular formula is C14H15N3O3. The summed E-state index contributed by atoms with van der Waals surface area (Å²) >= 11 is 0. The van der Waals surface area contributed by atoms with Crippen molar-refractivity contribution >= 4 is 11.5 Å². The number of carbonyl (C=O) groups is 1. The average Bonchev–Trinajstić information content (AvgIpc) is 2.89. The van der Waals surface area contributed by atoms with Gasteiger partial charge in [0.25, 0.3) is 0 Å². The number of nitro groups is 1. The third kappa shape index (κ3) is 2.59. The minimum atomic E-state index is -0.579. The molecule has 0 aliphatic carbocycles. The summed E-state index contributed by atoms with van der Waals surface area (Å²) in [5.74, 6) is -0.107. The maximum atomic E-state index is 12.5. The van der Waals surface area contributed by atoms with Crippen LogP contribution in [0.5, 0.6) is 0 Å². The van der Waals surface area contributed by atoms with Gasteiger partial charge in [0.15, 0.2) is 5.78 Å². The molecular weight excluding hydrogens is 258 g/mol. The van der Waals surface area contributed by atoms with Crippen LogP contribution < -0.4 is 0 Å². The predicted molar refractivity (Wildman–Crippen MR) is 73.8 cm³/mol. The van der Waals surface area contributed by atoms with E-state index in [1.54, 1.807) is 6.92 Å². The van der Waals surface area contributed by atoms with Gasteiger partial charge in [-0.05, 0) is 32.4 Å². The van der Waals surface area contributed by atoms with Crippen LogP contribution in [0.15, 0.2) is 30.6 Å². The van der Waals surface area contributed by atoms with E-state index in [2.05, 4.69) is 5.10 Å². The number of aryl methyl sites for hydroxylation is 2. The molecule has 6 heteroatoms. The Morgan fingerprint density at radius 2 is 2.10 bits per heavy atom. The van der Waals surface area contributed by atoms with Crippen LogP contribution in [-0.2, 0) is 0 Å². The lowest BCUT2D eigenvalue weighted by Crippen LogP contribution is -2.18. The molecule has 1 unspecified atom stereocenters. The summed E-state index contributed by atoms with van der Waals surface area (Å²) in [6.07, 6.45) is 2.42. The first-order valence-corrected chi connectivity index (χ1v) is 6.20. The third-order valence-electron chi connectivity index (χ3n) is 3.23. The Hall–Kier alpha value is -2.50. The van der Waals surface area contributed by atoms with Crippen LogP contribution in [0.3, 0.4) is 0 Å². The maximum absolute atomic E-state index is 12.5. The highest BCUT2D eigenvalue weighted by atomic mass is 16.6. The van der Waals surface area contributed by atoms with Crippen LogP contribution in [0.25, 0.3) is 0 Å². The lowest BCUT2D eigenvalue weighted by atomic mass is 9.98. The van der Waals surface area contributed by atoms with Gasteiger partial charge in [0.2, 0.25) is 0 Å². The second kappa shape index (κ2) is 5.24. The van der Waals surface area contributed by atoms with Crippen molar-refractivity contribution in [2.75, 3.05) is 0 Å².